The molecule has 1 heterocycles. The van der Waals surface area contributed by atoms with E-state index in [9.17, 15) is 13.2 Å². The van der Waals surface area contributed by atoms with Crippen LogP contribution in [0.3, 0.4) is 0 Å². The van der Waals surface area contributed by atoms with Crippen molar-refractivity contribution in [2.75, 3.05) is 6.61 Å². The van der Waals surface area contributed by atoms with Crippen LogP contribution in [0, 0.1) is 12.3 Å². The minimum absolute atomic E-state index is 0.238. The molecule has 0 aliphatic carbocycles. The monoisotopic (exact) mass is 247 g/mol. The molecule has 0 radical (unpaired) electrons. The van der Waals surface area contributed by atoms with E-state index in [0.717, 1.165) is 0 Å². The molecule has 1 atom stereocenters. The molecule has 1 aliphatic heterocycles. The van der Waals surface area contributed by atoms with Gasteiger partial charge in [0.05, 0.1) is 0 Å². The zero-order chi connectivity index (χ0) is 12.6. The van der Waals surface area contributed by atoms with Crippen LogP contribution in [0.25, 0.3) is 0 Å². The van der Waals surface area contributed by atoms with Crippen LogP contribution < -0.4 is 0 Å². The van der Waals surface area contributed by atoms with Crippen LogP contribution in [0.4, 0.5) is 4.79 Å². The Morgan fingerprint density at radius 1 is 1.56 bits per heavy atom. The lowest BCUT2D eigenvalue weighted by Gasteiger charge is -2.24. The Morgan fingerprint density at radius 3 is 2.56 bits per heavy atom. The molecule has 1 saturated heterocycles. The average Bonchev–Trinajstić information content (AvgIpc) is 2.37. The maximum atomic E-state index is 11.6. The molecule has 1 aliphatic rings. The summed E-state index contributed by atoms with van der Waals surface area (Å²) in [4.78, 5) is 11.6. The Morgan fingerprint density at radius 2 is 2.12 bits per heavy atom. The zero-order valence-electron chi connectivity index (χ0n) is 9.26. The van der Waals surface area contributed by atoms with Crippen molar-refractivity contribution in [3.05, 3.63) is 0 Å². The van der Waals surface area contributed by atoms with Gasteiger partial charge in [-0.1, -0.05) is 5.92 Å². The van der Waals surface area contributed by atoms with Gasteiger partial charge in [-0.15, -0.1) is 6.42 Å². The second-order valence-electron chi connectivity index (χ2n) is 4.20. The number of amides is 1. The van der Waals surface area contributed by atoms with Gasteiger partial charge in [0.25, 0.3) is 0 Å². The molecule has 6 nitrogen and oxygen atoms in total. The predicted octanol–water partition coefficient (Wildman–Crippen LogP) is 0.500. The summed E-state index contributed by atoms with van der Waals surface area (Å²) in [7, 11) is -4.10. The van der Waals surface area contributed by atoms with Gasteiger partial charge in [-0.05, 0) is 20.8 Å². The first-order valence-electron chi connectivity index (χ1n) is 4.55. The number of carbonyl (C=O) groups is 1. The summed E-state index contributed by atoms with van der Waals surface area (Å²) in [5, 5.41) is 0. The van der Waals surface area contributed by atoms with Crippen LogP contribution in [-0.2, 0) is 19.2 Å². The van der Waals surface area contributed by atoms with E-state index in [0.29, 0.717) is 4.31 Å². The van der Waals surface area contributed by atoms with Gasteiger partial charge in [0.15, 0.2) is 0 Å². The number of carbonyl (C=O) groups excluding carboxylic acids is 1. The number of rotatable bonds is 0. The van der Waals surface area contributed by atoms with Crippen molar-refractivity contribution in [3.8, 4) is 12.3 Å². The highest BCUT2D eigenvalue weighted by Crippen LogP contribution is 2.21. The smallest absolute Gasteiger partial charge is 0.427 e. The van der Waals surface area contributed by atoms with E-state index >= 15 is 0 Å². The Kier molecular flexibility index (Phi) is 3.17. The molecule has 0 aromatic heterocycles. The van der Waals surface area contributed by atoms with Gasteiger partial charge in [-0.3, -0.25) is 4.18 Å². The number of nitrogens with zero attached hydrogens (tertiary/aromatic N) is 1. The van der Waals surface area contributed by atoms with Crippen molar-refractivity contribution in [2.45, 2.75) is 32.4 Å². The van der Waals surface area contributed by atoms with Crippen molar-refractivity contribution in [1.82, 2.24) is 4.31 Å². The van der Waals surface area contributed by atoms with E-state index in [4.69, 9.17) is 11.2 Å². The molecule has 0 spiro atoms. The second-order valence-corrected chi connectivity index (χ2v) is 5.69. The van der Waals surface area contributed by atoms with Gasteiger partial charge in [0, 0.05) is 0 Å². The Bertz CT molecular complexity index is 428. The van der Waals surface area contributed by atoms with E-state index in [1.165, 1.54) is 0 Å². The third kappa shape index (κ3) is 2.65. The molecule has 1 rings (SSSR count). The van der Waals surface area contributed by atoms with Crippen molar-refractivity contribution in [3.63, 3.8) is 0 Å². The zero-order valence-corrected chi connectivity index (χ0v) is 10.1. The lowest BCUT2D eigenvalue weighted by Crippen LogP contribution is -2.42. The first-order valence-corrected chi connectivity index (χ1v) is 5.92. The van der Waals surface area contributed by atoms with E-state index in [1.807, 2.05) is 0 Å². The van der Waals surface area contributed by atoms with Gasteiger partial charge in [0.1, 0.15) is 18.2 Å². The molecular formula is C9H13NO5S. The van der Waals surface area contributed by atoms with E-state index in [2.05, 4.69) is 10.1 Å². The van der Waals surface area contributed by atoms with Crippen LogP contribution in [0.1, 0.15) is 20.8 Å². The van der Waals surface area contributed by atoms with Crippen LogP contribution in [0.15, 0.2) is 0 Å². The first kappa shape index (κ1) is 12.8. The lowest BCUT2D eigenvalue weighted by atomic mass is 10.2. The summed E-state index contributed by atoms with van der Waals surface area (Å²) in [5.74, 6) is 2.16. The quantitative estimate of drug-likeness (QED) is 0.583. The summed E-state index contributed by atoms with van der Waals surface area (Å²) in [5.41, 5.74) is -0.797. The lowest BCUT2D eigenvalue weighted by molar-refractivity contribution is 0.0381. The molecule has 0 N–H and O–H groups in total. The van der Waals surface area contributed by atoms with Gasteiger partial charge in [-0.25, -0.2) is 4.79 Å². The molecule has 0 saturated carbocycles. The van der Waals surface area contributed by atoms with Crippen LogP contribution in [0.5, 0.6) is 0 Å². The fourth-order valence-electron chi connectivity index (χ4n) is 1.07. The van der Waals surface area contributed by atoms with Crippen molar-refractivity contribution < 1.29 is 22.1 Å². The molecule has 90 valence electrons. The topological polar surface area (TPSA) is 72.9 Å². The molecular weight excluding hydrogens is 234 g/mol. The number of ether oxygens (including phenoxy) is 1. The summed E-state index contributed by atoms with van der Waals surface area (Å²) in [6.07, 6.45) is 4.08. The third-order valence-electron chi connectivity index (χ3n) is 1.66. The molecule has 1 fully saturated rings. The number of hydrogen-bond donors (Lipinski definition) is 0. The van der Waals surface area contributed by atoms with Gasteiger partial charge in [-0.2, -0.15) is 12.7 Å². The molecule has 16 heavy (non-hydrogen) atoms. The van der Waals surface area contributed by atoms with Crippen molar-refractivity contribution in [1.29, 1.82) is 0 Å². The summed E-state index contributed by atoms with van der Waals surface area (Å²) in [6, 6.07) is -0.945. The van der Waals surface area contributed by atoms with Gasteiger partial charge in [0.2, 0.25) is 0 Å². The Balaban J connectivity index is 2.93. The largest absolute Gasteiger partial charge is 0.443 e. The highest BCUT2D eigenvalue weighted by atomic mass is 32.2. The van der Waals surface area contributed by atoms with Crippen LogP contribution >= 0.6 is 0 Å². The normalized spacial score (nSPS) is 23.9. The van der Waals surface area contributed by atoms with E-state index in [-0.39, 0.29) is 6.61 Å². The third-order valence-corrected chi connectivity index (χ3v) is 2.98. The second kappa shape index (κ2) is 3.96. The highest BCUT2D eigenvalue weighted by Gasteiger charge is 2.43. The van der Waals surface area contributed by atoms with E-state index < -0.39 is 28.0 Å². The van der Waals surface area contributed by atoms with Gasteiger partial charge < -0.3 is 4.74 Å². The van der Waals surface area contributed by atoms with Crippen LogP contribution in [0.2, 0.25) is 0 Å². The molecule has 0 bridgehead atoms. The van der Waals surface area contributed by atoms with Crippen molar-refractivity contribution in [2.24, 2.45) is 0 Å². The number of hydrogen-bond acceptors (Lipinski definition) is 5. The Labute approximate surface area is 94.8 Å². The summed E-state index contributed by atoms with van der Waals surface area (Å²) < 4.78 is 32.5. The number of terminal acetylenes is 1. The average molecular weight is 247 g/mol. The Hall–Kier alpha value is -1.26. The van der Waals surface area contributed by atoms with E-state index in [1.54, 1.807) is 20.8 Å². The standard InChI is InChI=1S/C9H13NO5S/c1-5-7-6-14-16(12,13)10(7)8(11)15-9(2,3)4/h1,7H,6H2,2-4H3/t7-/m1/s1. The minimum atomic E-state index is -4.10. The molecule has 0 aromatic rings. The molecule has 0 unspecified atom stereocenters. The highest BCUT2D eigenvalue weighted by molar-refractivity contribution is 7.85. The summed E-state index contributed by atoms with van der Waals surface area (Å²) >= 11 is 0. The predicted molar refractivity (Wildman–Crippen MR) is 55.6 cm³/mol. The SMILES string of the molecule is C#C[C@@H]1COS(=O)(=O)N1C(=O)OC(C)(C)C. The van der Waals surface area contributed by atoms with Crippen molar-refractivity contribution >= 4 is 16.4 Å². The van der Waals surface area contributed by atoms with Gasteiger partial charge >= 0.3 is 16.4 Å². The van der Waals surface area contributed by atoms with Crippen LogP contribution in [-0.4, -0.2) is 37.1 Å². The first-order chi connectivity index (χ1) is 7.17. The fraction of sp³-hybridized carbons (Fsp3) is 0.667. The minimum Gasteiger partial charge on any atom is -0.443 e. The molecule has 7 heteroatoms. The maximum Gasteiger partial charge on any atom is 0.427 e. The maximum absolute atomic E-state index is 11.6. The molecule has 1 amide bonds. The molecule has 0 aromatic carbocycles. The summed E-state index contributed by atoms with van der Waals surface area (Å²) in [6.45, 7) is 4.63. The fourth-order valence-corrected chi connectivity index (χ4v) is 2.14.